The summed E-state index contributed by atoms with van der Waals surface area (Å²) in [5.74, 6) is 0.695. The molecule has 0 bridgehead atoms. The molecule has 0 saturated carbocycles. The third-order valence-corrected chi connectivity index (χ3v) is 7.14. The Morgan fingerprint density at radius 3 is 2.84 bits per heavy atom. The highest BCUT2D eigenvalue weighted by Crippen LogP contribution is 2.32. The number of thiophene rings is 1. The van der Waals surface area contributed by atoms with Gasteiger partial charge in [0.25, 0.3) is 5.56 Å². The Bertz CT molecular complexity index is 1310. The fourth-order valence-corrected chi connectivity index (χ4v) is 5.16. The number of rotatable bonds is 6. The number of ether oxygens (including phenoxy) is 1. The summed E-state index contributed by atoms with van der Waals surface area (Å²) in [5.41, 5.74) is 3.23. The topological polar surface area (TPSA) is 68.2 Å². The molecule has 164 valence electrons. The fourth-order valence-electron chi connectivity index (χ4n) is 3.99. The van der Waals surface area contributed by atoms with Crippen molar-refractivity contribution in [1.29, 1.82) is 0 Å². The predicted molar refractivity (Wildman–Crippen MR) is 132 cm³/mol. The molecule has 3 heterocycles. The Hall–Kier alpha value is -2.87. The van der Waals surface area contributed by atoms with Crippen molar-refractivity contribution in [2.45, 2.75) is 18.9 Å². The minimum absolute atomic E-state index is 0.0990. The number of halogens is 1. The number of nitrogens with zero attached hydrogens (tertiary/aromatic N) is 2. The Kier molecular flexibility index (Phi) is 5.87. The lowest BCUT2D eigenvalue weighted by atomic mass is 10.2. The molecule has 6 nitrogen and oxygen atoms in total. The number of hydrogen-bond donors (Lipinski definition) is 2. The average molecular weight is 467 g/mol. The van der Waals surface area contributed by atoms with E-state index in [0.29, 0.717) is 32.7 Å². The standard InChI is InChI=1S/C24H23ClN4O2S/c1-31-21-11-18(8-9-19(21)27-13-17-3-2-10-26-17)29-14-28-20-12-22(32-23(20)24(29)30)15-4-6-16(25)7-5-15/h4-9,11-12,14,17,26-27H,2-3,10,13H2,1H3/t17-/m0/s1. The molecule has 1 saturated heterocycles. The van der Waals surface area contributed by atoms with Crippen molar-refractivity contribution < 1.29 is 4.74 Å². The van der Waals surface area contributed by atoms with E-state index in [1.165, 1.54) is 24.2 Å². The van der Waals surface area contributed by atoms with Crippen molar-refractivity contribution >= 4 is 38.8 Å². The number of nitrogens with one attached hydrogen (secondary N) is 2. The zero-order valence-electron chi connectivity index (χ0n) is 17.6. The van der Waals surface area contributed by atoms with Gasteiger partial charge < -0.3 is 15.4 Å². The van der Waals surface area contributed by atoms with Crippen LogP contribution in [0.25, 0.3) is 26.3 Å². The molecule has 1 atom stereocenters. The largest absolute Gasteiger partial charge is 0.495 e. The summed E-state index contributed by atoms with van der Waals surface area (Å²) in [6.45, 7) is 1.91. The van der Waals surface area contributed by atoms with E-state index in [9.17, 15) is 4.79 Å². The van der Waals surface area contributed by atoms with Crippen LogP contribution in [-0.2, 0) is 0 Å². The monoisotopic (exact) mass is 466 g/mol. The Morgan fingerprint density at radius 2 is 2.09 bits per heavy atom. The maximum Gasteiger partial charge on any atom is 0.275 e. The number of benzene rings is 2. The molecule has 2 N–H and O–H groups in total. The number of aromatic nitrogens is 2. The zero-order chi connectivity index (χ0) is 22.1. The molecule has 0 spiro atoms. The summed E-state index contributed by atoms with van der Waals surface area (Å²) in [7, 11) is 1.64. The molecule has 2 aromatic carbocycles. The van der Waals surface area contributed by atoms with Gasteiger partial charge in [-0.05, 0) is 55.3 Å². The molecule has 0 unspecified atom stereocenters. The predicted octanol–water partition coefficient (Wildman–Crippen LogP) is 4.94. The third-order valence-electron chi connectivity index (χ3n) is 5.73. The van der Waals surface area contributed by atoms with Crippen molar-refractivity contribution in [2.75, 3.05) is 25.5 Å². The van der Waals surface area contributed by atoms with Gasteiger partial charge in [-0.3, -0.25) is 9.36 Å². The maximum absolute atomic E-state index is 13.3. The first-order valence-corrected chi connectivity index (χ1v) is 11.7. The summed E-state index contributed by atoms with van der Waals surface area (Å²) in [4.78, 5) is 18.8. The van der Waals surface area contributed by atoms with Crippen molar-refractivity contribution in [3.05, 3.63) is 70.2 Å². The van der Waals surface area contributed by atoms with E-state index in [-0.39, 0.29) is 5.56 Å². The van der Waals surface area contributed by atoms with Crippen LogP contribution in [0.4, 0.5) is 5.69 Å². The van der Waals surface area contributed by atoms with Gasteiger partial charge in [0.15, 0.2) is 0 Å². The van der Waals surface area contributed by atoms with Crippen LogP contribution >= 0.6 is 22.9 Å². The zero-order valence-corrected chi connectivity index (χ0v) is 19.2. The molecule has 32 heavy (non-hydrogen) atoms. The van der Waals surface area contributed by atoms with E-state index in [1.54, 1.807) is 18.0 Å². The second-order valence-corrected chi connectivity index (χ2v) is 9.30. The smallest absolute Gasteiger partial charge is 0.275 e. The van der Waals surface area contributed by atoms with E-state index in [2.05, 4.69) is 15.6 Å². The molecular weight excluding hydrogens is 444 g/mol. The van der Waals surface area contributed by atoms with E-state index in [1.807, 2.05) is 48.5 Å². The summed E-state index contributed by atoms with van der Waals surface area (Å²) in [6, 6.07) is 15.7. The van der Waals surface area contributed by atoms with Crippen molar-refractivity contribution in [3.63, 3.8) is 0 Å². The van der Waals surface area contributed by atoms with E-state index >= 15 is 0 Å². The van der Waals surface area contributed by atoms with Crippen molar-refractivity contribution in [3.8, 4) is 21.9 Å². The van der Waals surface area contributed by atoms with Crippen molar-refractivity contribution in [1.82, 2.24) is 14.9 Å². The van der Waals surface area contributed by atoms with Crippen LogP contribution < -0.4 is 20.9 Å². The van der Waals surface area contributed by atoms with Crippen LogP contribution in [0.15, 0.2) is 59.7 Å². The van der Waals surface area contributed by atoms with Gasteiger partial charge in [-0.2, -0.15) is 0 Å². The molecule has 1 aliphatic heterocycles. The molecular formula is C24H23ClN4O2S. The first-order valence-electron chi connectivity index (χ1n) is 10.5. The quantitative estimate of drug-likeness (QED) is 0.421. The van der Waals surface area contributed by atoms with E-state index in [4.69, 9.17) is 16.3 Å². The number of fused-ring (bicyclic) bond motifs is 1. The Balaban J connectivity index is 1.46. The summed E-state index contributed by atoms with van der Waals surface area (Å²) >= 11 is 7.44. The van der Waals surface area contributed by atoms with Crippen LogP contribution in [0.3, 0.4) is 0 Å². The highest BCUT2D eigenvalue weighted by atomic mass is 35.5. The van der Waals surface area contributed by atoms with Gasteiger partial charge in [-0.25, -0.2) is 4.98 Å². The van der Waals surface area contributed by atoms with Gasteiger partial charge in [-0.1, -0.05) is 23.7 Å². The van der Waals surface area contributed by atoms with Crippen LogP contribution in [0, 0.1) is 0 Å². The second-order valence-electron chi connectivity index (χ2n) is 7.81. The molecule has 4 aromatic rings. The average Bonchev–Trinajstić information content (AvgIpc) is 3.49. The molecule has 8 heteroatoms. The molecule has 2 aromatic heterocycles. The highest BCUT2D eigenvalue weighted by molar-refractivity contribution is 7.22. The lowest BCUT2D eigenvalue weighted by molar-refractivity contribution is 0.416. The lowest BCUT2D eigenvalue weighted by Crippen LogP contribution is -2.29. The van der Waals surface area contributed by atoms with Crippen LogP contribution in [0.2, 0.25) is 5.02 Å². The number of methoxy groups -OCH3 is 1. The molecule has 0 aliphatic carbocycles. The molecule has 1 fully saturated rings. The van der Waals surface area contributed by atoms with Crippen LogP contribution in [-0.4, -0.2) is 35.8 Å². The minimum Gasteiger partial charge on any atom is -0.495 e. The van der Waals surface area contributed by atoms with Crippen LogP contribution in [0.1, 0.15) is 12.8 Å². The third kappa shape index (κ3) is 4.11. The van der Waals surface area contributed by atoms with Gasteiger partial charge in [0, 0.05) is 28.6 Å². The fraction of sp³-hybridized carbons (Fsp3) is 0.250. The van der Waals surface area contributed by atoms with Crippen LogP contribution in [0.5, 0.6) is 5.75 Å². The Labute approximate surface area is 194 Å². The number of anilines is 1. The normalized spacial score (nSPS) is 15.9. The Morgan fingerprint density at radius 1 is 1.25 bits per heavy atom. The maximum atomic E-state index is 13.3. The summed E-state index contributed by atoms with van der Waals surface area (Å²) in [6.07, 6.45) is 3.96. The van der Waals surface area contributed by atoms with Gasteiger partial charge in [0.1, 0.15) is 16.8 Å². The second kappa shape index (κ2) is 8.94. The first kappa shape index (κ1) is 21.0. The number of hydrogen-bond acceptors (Lipinski definition) is 6. The molecule has 0 radical (unpaired) electrons. The minimum atomic E-state index is -0.0990. The summed E-state index contributed by atoms with van der Waals surface area (Å²) < 4.78 is 7.78. The van der Waals surface area contributed by atoms with E-state index in [0.717, 1.165) is 29.2 Å². The van der Waals surface area contributed by atoms with Gasteiger partial charge in [0.05, 0.1) is 24.0 Å². The summed E-state index contributed by atoms with van der Waals surface area (Å²) in [5, 5.41) is 7.62. The molecule has 0 amide bonds. The molecule has 1 aliphatic rings. The van der Waals surface area contributed by atoms with Crippen molar-refractivity contribution in [2.24, 2.45) is 0 Å². The first-order chi connectivity index (χ1) is 15.6. The highest BCUT2D eigenvalue weighted by Gasteiger charge is 2.16. The van der Waals surface area contributed by atoms with Gasteiger partial charge in [-0.15, -0.1) is 11.3 Å². The lowest BCUT2D eigenvalue weighted by Gasteiger charge is -2.16. The van der Waals surface area contributed by atoms with E-state index < -0.39 is 0 Å². The molecule has 5 rings (SSSR count). The van der Waals surface area contributed by atoms with Gasteiger partial charge in [0.2, 0.25) is 0 Å². The van der Waals surface area contributed by atoms with Gasteiger partial charge >= 0.3 is 0 Å². The SMILES string of the molecule is COc1cc(-n2cnc3cc(-c4ccc(Cl)cc4)sc3c2=O)ccc1NC[C@@H]1CCCN1.